The molecule has 0 saturated heterocycles. The van der Waals surface area contributed by atoms with Gasteiger partial charge in [-0.3, -0.25) is 4.79 Å². The van der Waals surface area contributed by atoms with Gasteiger partial charge in [0.2, 0.25) is 0 Å². The molecule has 0 radical (unpaired) electrons. The molecule has 0 aliphatic carbocycles. The van der Waals surface area contributed by atoms with Crippen LogP contribution in [0.1, 0.15) is 37.9 Å². The van der Waals surface area contributed by atoms with Gasteiger partial charge in [0.05, 0.1) is 28.9 Å². The third-order valence-electron chi connectivity index (χ3n) is 5.14. The van der Waals surface area contributed by atoms with Crippen LogP contribution in [0.15, 0.2) is 40.3 Å². The number of anilines is 1. The lowest BCUT2D eigenvalue weighted by molar-refractivity contribution is -0.119. The molecule has 4 rings (SSSR count). The number of thiazole rings is 1. The number of aryl methyl sites for hydroxylation is 1. The maximum absolute atomic E-state index is 12.6. The summed E-state index contributed by atoms with van der Waals surface area (Å²) in [5.74, 6) is -0.124. The molecule has 0 saturated carbocycles. The summed E-state index contributed by atoms with van der Waals surface area (Å²) in [5, 5.41) is 15.0. The molecule has 4 aromatic rings. The zero-order chi connectivity index (χ0) is 23.5. The molecule has 8 nitrogen and oxygen atoms in total. The van der Waals surface area contributed by atoms with Crippen molar-refractivity contribution in [2.24, 2.45) is 0 Å². The Hall–Kier alpha value is -3.68. The third kappa shape index (κ3) is 4.60. The zero-order valence-corrected chi connectivity index (χ0v) is 19.8. The van der Waals surface area contributed by atoms with Gasteiger partial charge >= 0.3 is 5.97 Å². The van der Waals surface area contributed by atoms with Gasteiger partial charge in [0.25, 0.3) is 5.91 Å². The fraction of sp³-hybridized carbons (Fsp3) is 0.217. The van der Waals surface area contributed by atoms with Crippen molar-refractivity contribution in [2.75, 3.05) is 11.9 Å². The lowest BCUT2D eigenvalue weighted by atomic mass is 10.2. The number of furan rings is 1. The Morgan fingerprint density at radius 2 is 2.09 bits per heavy atom. The number of esters is 1. The molecule has 4 heterocycles. The highest BCUT2D eigenvalue weighted by Crippen LogP contribution is 2.31. The molecule has 0 bridgehead atoms. The number of amides is 1. The minimum absolute atomic E-state index is 0.346. The lowest BCUT2D eigenvalue weighted by Crippen LogP contribution is -2.23. The predicted octanol–water partition coefficient (Wildman–Crippen LogP) is 4.91. The smallest absolute Gasteiger partial charge is 0.350 e. The number of hydrogen-bond acceptors (Lipinski definition) is 8. The van der Waals surface area contributed by atoms with Crippen LogP contribution in [-0.4, -0.2) is 28.0 Å². The van der Waals surface area contributed by atoms with Gasteiger partial charge in [-0.15, -0.1) is 22.7 Å². The van der Waals surface area contributed by atoms with Crippen LogP contribution in [0, 0.1) is 32.1 Å². The monoisotopic (exact) mass is 480 g/mol. The summed E-state index contributed by atoms with van der Waals surface area (Å²) < 4.78 is 12.5. The van der Waals surface area contributed by atoms with Crippen molar-refractivity contribution in [1.82, 2.24) is 9.55 Å². The van der Waals surface area contributed by atoms with Crippen LogP contribution in [0.4, 0.5) is 5.82 Å². The highest BCUT2D eigenvalue weighted by molar-refractivity contribution is 7.22. The number of carbonyl (C=O) groups excluding carboxylic acids is 2. The Bertz CT molecular complexity index is 1340. The minimum Gasteiger partial charge on any atom is -0.467 e. The Morgan fingerprint density at radius 3 is 2.76 bits per heavy atom. The first-order valence-electron chi connectivity index (χ1n) is 9.99. The van der Waals surface area contributed by atoms with Crippen LogP contribution in [0.2, 0.25) is 0 Å². The second-order valence-electron chi connectivity index (χ2n) is 7.25. The van der Waals surface area contributed by atoms with E-state index in [2.05, 4.69) is 16.4 Å². The molecule has 0 fully saturated rings. The second kappa shape index (κ2) is 9.44. The van der Waals surface area contributed by atoms with E-state index in [1.54, 1.807) is 23.8 Å². The van der Waals surface area contributed by atoms with E-state index in [1.807, 2.05) is 37.4 Å². The molecule has 10 heteroatoms. The molecule has 168 valence electrons. The van der Waals surface area contributed by atoms with Gasteiger partial charge in [-0.05, 0) is 49.9 Å². The van der Waals surface area contributed by atoms with Crippen molar-refractivity contribution in [3.8, 4) is 16.0 Å². The number of carbonyl (C=O) groups is 2. The first-order chi connectivity index (χ1) is 15.9. The quantitative estimate of drug-likeness (QED) is 0.377. The molecule has 0 unspecified atom stereocenters. The largest absolute Gasteiger partial charge is 0.467 e. The van der Waals surface area contributed by atoms with E-state index < -0.39 is 18.5 Å². The molecule has 0 aromatic carbocycles. The van der Waals surface area contributed by atoms with Crippen LogP contribution >= 0.6 is 22.7 Å². The van der Waals surface area contributed by atoms with Gasteiger partial charge in [0.1, 0.15) is 27.5 Å². The molecular formula is C23H20N4O4S2. The summed E-state index contributed by atoms with van der Waals surface area (Å²) in [4.78, 5) is 30.9. The van der Waals surface area contributed by atoms with Crippen molar-refractivity contribution >= 4 is 40.4 Å². The van der Waals surface area contributed by atoms with Gasteiger partial charge in [-0.1, -0.05) is 6.07 Å². The number of hydrogen-bond donors (Lipinski definition) is 1. The van der Waals surface area contributed by atoms with Crippen LogP contribution in [-0.2, 0) is 16.1 Å². The van der Waals surface area contributed by atoms with Crippen LogP contribution < -0.4 is 5.32 Å². The van der Waals surface area contributed by atoms with Gasteiger partial charge in [-0.25, -0.2) is 9.78 Å². The van der Waals surface area contributed by atoms with Crippen molar-refractivity contribution in [1.29, 1.82) is 5.26 Å². The first-order valence-corrected chi connectivity index (χ1v) is 11.7. The summed E-state index contributed by atoms with van der Waals surface area (Å²) in [6.07, 6.45) is 1.56. The van der Waals surface area contributed by atoms with E-state index in [9.17, 15) is 14.9 Å². The number of aromatic nitrogens is 2. The first kappa shape index (κ1) is 22.5. The number of thiophene rings is 1. The van der Waals surface area contributed by atoms with Crippen LogP contribution in [0.5, 0.6) is 0 Å². The van der Waals surface area contributed by atoms with E-state index >= 15 is 0 Å². The molecule has 1 N–H and O–H groups in total. The Balaban J connectivity index is 1.47. The average molecular weight is 481 g/mol. The number of nitrogens with zero attached hydrogens (tertiary/aromatic N) is 3. The van der Waals surface area contributed by atoms with E-state index in [0.29, 0.717) is 34.3 Å². The Morgan fingerprint density at radius 1 is 1.27 bits per heavy atom. The van der Waals surface area contributed by atoms with E-state index in [0.717, 1.165) is 21.1 Å². The summed E-state index contributed by atoms with van der Waals surface area (Å²) >= 11 is 2.77. The number of nitriles is 1. The molecule has 0 spiro atoms. The molecular weight excluding hydrogens is 460 g/mol. The standard InChI is InChI=1S/C23H20N4O4S2/c1-13-15(3)27(11-16-6-4-8-30-16)21(17(13)10-24)26-19(28)12-31-23(29)20-14(2)25-22(33-20)18-7-5-9-32-18/h4-9H,11-12H2,1-3H3,(H,26,28). The predicted molar refractivity (Wildman–Crippen MR) is 126 cm³/mol. The van der Waals surface area contributed by atoms with Crippen molar-refractivity contribution < 1.29 is 18.7 Å². The van der Waals surface area contributed by atoms with Gasteiger partial charge in [0, 0.05) is 5.69 Å². The topological polar surface area (TPSA) is 110 Å². The third-order valence-corrected chi connectivity index (χ3v) is 7.32. The highest BCUT2D eigenvalue weighted by Gasteiger charge is 2.22. The molecule has 33 heavy (non-hydrogen) atoms. The second-order valence-corrected chi connectivity index (χ2v) is 9.19. The van der Waals surface area contributed by atoms with E-state index in [-0.39, 0.29) is 0 Å². The van der Waals surface area contributed by atoms with Gasteiger partial charge < -0.3 is 19.0 Å². The zero-order valence-electron chi connectivity index (χ0n) is 18.2. The Labute approximate surface area is 198 Å². The SMILES string of the molecule is Cc1nc(-c2cccs2)sc1C(=O)OCC(=O)Nc1c(C#N)c(C)c(C)n1Cc1ccco1. The van der Waals surface area contributed by atoms with Gasteiger partial charge in [-0.2, -0.15) is 5.26 Å². The van der Waals surface area contributed by atoms with E-state index in [1.165, 1.54) is 22.7 Å². The van der Waals surface area contributed by atoms with Crippen LogP contribution in [0.3, 0.4) is 0 Å². The van der Waals surface area contributed by atoms with Crippen molar-refractivity contribution in [3.63, 3.8) is 0 Å². The average Bonchev–Trinajstić information content (AvgIpc) is 3.59. The summed E-state index contributed by atoms with van der Waals surface area (Å²) in [5.41, 5.74) is 2.51. The number of rotatable bonds is 7. The molecule has 0 atom stereocenters. The lowest BCUT2D eigenvalue weighted by Gasteiger charge is -2.12. The van der Waals surface area contributed by atoms with E-state index in [4.69, 9.17) is 9.15 Å². The maximum Gasteiger partial charge on any atom is 0.350 e. The maximum atomic E-state index is 12.6. The Kier molecular flexibility index (Phi) is 6.44. The fourth-order valence-corrected chi connectivity index (χ4v) is 5.10. The number of ether oxygens (including phenoxy) is 1. The molecule has 1 amide bonds. The van der Waals surface area contributed by atoms with Crippen molar-refractivity contribution in [2.45, 2.75) is 27.3 Å². The summed E-state index contributed by atoms with van der Waals surface area (Å²) in [7, 11) is 0. The van der Waals surface area contributed by atoms with Gasteiger partial charge in [0.15, 0.2) is 6.61 Å². The molecule has 4 aromatic heterocycles. The normalized spacial score (nSPS) is 10.7. The highest BCUT2D eigenvalue weighted by atomic mass is 32.1. The van der Waals surface area contributed by atoms with Crippen molar-refractivity contribution in [3.05, 3.63) is 69.1 Å². The summed E-state index contributed by atoms with van der Waals surface area (Å²) in [6, 6.07) is 9.58. The molecule has 0 aliphatic rings. The minimum atomic E-state index is -0.609. The van der Waals surface area contributed by atoms with Crippen LogP contribution in [0.25, 0.3) is 9.88 Å². The summed E-state index contributed by atoms with van der Waals surface area (Å²) in [6.45, 7) is 5.28. The number of nitrogens with one attached hydrogen (secondary N) is 1. The molecule has 0 aliphatic heterocycles. The fourth-order valence-electron chi connectivity index (χ4n) is 3.34.